The zero-order valence-electron chi connectivity index (χ0n) is 11.8. The fourth-order valence-corrected chi connectivity index (χ4v) is 2.51. The first-order valence-corrected chi connectivity index (χ1v) is 7.09. The van der Waals surface area contributed by atoms with Crippen molar-refractivity contribution < 1.29 is 4.74 Å². The molecule has 0 spiro atoms. The Morgan fingerprint density at radius 1 is 1.33 bits per heavy atom. The van der Waals surface area contributed by atoms with Crippen molar-refractivity contribution in [2.75, 3.05) is 13.6 Å². The summed E-state index contributed by atoms with van der Waals surface area (Å²) in [5.74, 6) is 1.60. The molecule has 18 heavy (non-hydrogen) atoms. The van der Waals surface area contributed by atoms with Crippen LogP contribution >= 0.6 is 0 Å². The van der Waals surface area contributed by atoms with Gasteiger partial charge in [-0.2, -0.15) is 0 Å². The van der Waals surface area contributed by atoms with Gasteiger partial charge in [-0.05, 0) is 62.9 Å². The van der Waals surface area contributed by atoms with Crippen molar-refractivity contribution in [2.45, 2.75) is 51.0 Å². The molecule has 1 fully saturated rings. The number of nitrogens with one attached hydrogen (secondary N) is 1. The second-order valence-electron chi connectivity index (χ2n) is 5.72. The fraction of sp³-hybridized carbons (Fsp3) is 0.625. The van der Waals surface area contributed by atoms with Crippen molar-refractivity contribution >= 4 is 0 Å². The van der Waals surface area contributed by atoms with Crippen LogP contribution in [0, 0.1) is 0 Å². The normalized spacial score (nSPS) is 17.6. The first kappa shape index (κ1) is 13.4. The van der Waals surface area contributed by atoms with Gasteiger partial charge in [-0.3, -0.25) is 0 Å². The van der Waals surface area contributed by atoms with Gasteiger partial charge in [0, 0.05) is 0 Å². The summed E-state index contributed by atoms with van der Waals surface area (Å²) in [6.07, 6.45) is 4.80. The standard InChI is InChI=1S/C16H25NO/c1-13(2)14-6-4-7-15(12-14)18-16(8-5-9-16)10-11-17-3/h4,6-7,12-13,17H,5,8-11H2,1-3H3. The summed E-state index contributed by atoms with van der Waals surface area (Å²) in [4.78, 5) is 0. The van der Waals surface area contributed by atoms with E-state index in [0.29, 0.717) is 5.92 Å². The number of hydrogen-bond donors (Lipinski definition) is 1. The molecule has 0 bridgehead atoms. The van der Waals surface area contributed by atoms with Gasteiger partial charge in [0.15, 0.2) is 0 Å². The average molecular weight is 247 g/mol. The second kappa shape index (κ2) is 5.75. The van der Waals surface area contributed by atoms with Gasteiger partial charge in [0.1, 0.15) is 11.4 Å². The Kier molecular flexibility index (Phi) is 4.28. The fourth-order valence-electron chi connectivity index (χ4n) is 2.51. The summed E-state index contributed by atoms with van der Waals surface area (Å²) in [6, 6.07) is 8.57. The molecular weight excluding hydrogens is 222 g/mol. The molecule has 2 heteroatoms. The van der Waals surface area contributed by atoms with Crippen LogP contribution < -0.4 is 10.1 Å². The lowest BCUT2D eigenvalue weighted by atomic mass is 9.77. The minimum Gasteiger partial charge on any atom is -0.487 e. The van der Waals surface area contributed by atoms with E-state index in [9.17, 15) is 0 Å². The van der Waals surface area contributed by atoms with Crippen LogP contribution in [-0.4, -0.2) is 19.2 Å². The highest BCUT2D eigenvalue weighted by Gasteiger charge is 2.38. The molecule has 1 saturated carbocycles. The molecule has 0 atom stereocenters. The molecule has 2 nitrogen and oxygen atoms in total. The lowest BCUT2D eigenvalue weighted by Gasteiger charge is -2.42. The van der Waals surface area contributed by atoms with Gasteiger partial charge in [0.2, 0.25) is 0 Å². The van der Waals surface area contributed by atoms with E-state index in [0.717, 1.165) is 18.7 Å². The van der Waals surface area contributed by atoms with E-state index in [1.807, 2.05) is 7.05 Å². The van der Waals surface area contributed by atoms with Crippen molar-refractivity contribution in [2.24, 2.45) is 0 Å². The Morgan fingerprint density at radius 3 is 2.67 bits per heavy atom. The number of ether oxygens (including phenoxy) is 1. The lowest BCUT2D eigenvalue weighted by molar-refractivity contribution is -0.0139. The quantitative estimate of drug-likeness (QED) is 0.827. The van der Waals surface area contributed by atoms with Gasteiger partial charge in [-0.1, -0.05) is 26.0 Å². The molecule has 0 amide bonds. The second-order valence-corrected chi connectivity index (χ2v) is 5.72. The molecule has 1 aliphatic rings. The average Bonchev–Trinajstić information content (AvgIpc) is 2.33. The first-order chi connectivity index (χ1) is 8.65. The van der Waals surface area contributed by atoms with Crippen LogP contribution in [0.25, 0.3) is 0 Å². The summed E-state index contributed by atoms with van der Waals surface area (Å²) < 4.78 is 6.29. The molecule has 0 radical (unpaired) electrons. The van der Waals surface area contributed by atoms with E-state index in [1.54, 1.807) is 0 Å². The van der Waals surface area contributed by atoms with E-state index in [4.69, 9.17) is 4.74 Å². The van der Waals surface area contributed by atoms with Crippen molar-refractivity contribution in [1.82, 2.24) is 5.32 Å². The predicted molar refractivity (Wildman–Crippen MR) is 76.3 cm³/mol. The molecule has 2 rings (SSSR count). The third kappa shape index (κ3) is 3.05. The molecule has 0 saturated heterocycles. The highest BCUT2D eigenvalue weighted by atomic mass is 16.5. The maximum Gasteiger partial charge on any atom is 0.120 e. The van der Waals surface area contributed by atoms with Crippen LogP contribution in [-0.2, 0) is 0 Å². The minimum atomic E-state index is 0.0958. The van der Waals surface area contributed by atoms with Gasteiger partial charge >= 0.3 is 0 Å². The Labute approximate surface area is 111 Å². The van der Waals surface area contributed by atoms with Crippen LogP contribution in [0.15, 0.2) is 24.3 Å². The van der Waals surface area contributed by atoms with E-state index < -0.39 is 0 Å². The van der Waals surface area contributed by atoms with Crippen molar-refractivity contribution in [3.8, 4) is 5.75 Å². The Hall–Kier alpha value is -1.02. The highest BCUT2D eigenvalue weighted by Crippen LogP contribution is 2.39. The molecule has 1 aromatic rings. The molecule has 1 aliphatic carbocycles. The molecule has 1 aromatic carbocycles. The third-order valence-electron chi connectivity index (χ3n) is 3.95. The monoisotopic (exact) mass is 247 g/mol. The third-order valence-corrected chi connectivity index (χ3v) is 3.95. The molecular formula is C16H25NO. The van der Waals surface area contributed by atoms with Gasteiger partial charge in [0.25, 0.3) is 0 Å². The zero-order chi connectivity index (χ0) is 13.0. The van der Waals surface area contributed by atoms with Crippen LogP contribution in [0.2, 0.25) is 0 Å². The first-order valence-electron chi connectivity index (χ1n) is 7.09. The van der Waals surface area contributed by atoms with E-state index >= 15 is 0 Å². The minimum absolute atomic E-state index is 0.0958. The van der Waals surface area contributed by atoms with Crippen molar-refractivity contribution in [1.29, 1.82) is 0 Å². The molecule has 1 N–H and O–H groups in total. The largest absolute Gasteiger partial charge is 0.487 e. The lowest BCUT2D eigenvalue weighted by Crippen LogP contribution is -2.45. The van der Waals surface area contributed by atoms with Gasteiger partial charge in [0.05, 0.1) is 0 Å². The number of hydrogen-bond acceptors (Lipinski definition) is 2. The topological polar surface area (TPSA) is 21.3 Å². The Morgan fingerprint density at radius 2 is 2.11 bits per heavy atom. The molecule has 0 heterocycles. The zero-order valence-corrected chi connectivity index (χ0v) is 11.8. The van der Waals surface area contributed by atoms with Crippen LogP contribution in [0.4, 0.5) is 0 Å². The maximum absolute atomic E-state index is 6.29. The van der Waals surface area contributed by atoms with Crippen LogP contribution in [0.5, 0.6) is 5.75 Å². The summed E-state index contributed by atoms with van der Waals surface area (Å²) in [6.45, 7) is 5.47. The summed E-state index contributed by atoms with van der Waals surface area (Å²) in [5, 5.41) is 3.23. The van der Waals surface area contributed by atoms with Gasteiger partial charge < -0.3 is 10.1 Å². The SMILES string of the molecule is CNCCC1(Oc2cccc(C(C)C)c2)CCC1. The van der Waals surface area contributed by atoms with Gasteiger partial charge in [-0.15, -0.1) is 0 Å². The van der Waals surface area contributed by atoms with Crippen molar-refractivity contribution in [3.05, 3.63) is 29.8 Å². The Balaban J connectivity index is 2.05. The maximum atomic E-state index is 6.29. The van der Waals surface area contributed by atoms with E-state index in [1.165, 1.54) is 24.8 Å². The van der Waals surface area contributed by atoms with E-state index in [2.05, 4.69) is 43.4 Å². The summed E-state index contributed by atoms with van der Waals surface area (Å²) in [5.41, 5.74) is 1.45. The Bertz CT molecular complexity index is 382. The molecule has 0 aromatic heterocycles. The smallest absolute Gasteiger partial charge is 0.120 e. The summed E-state index contributed by atoms with van der Waals surface area (Å²) in [7, 11) is 2.01. The number of benzene rings is 1. The van der Waals surface area contributed by atoms with Crippen LogP contribution in [0.1, 0.15) is 51.0 Å². The molecule has 0 unspecified atom stereocenters. The highest BCUT2D eigenvalue weighted by molar-refractivity contribution is 5.31. The molecule has 0 aliphatic heterocycles. The number of rotatable bonds is 6. The van der Waals surface area contributed by atoms with Crippen molar-refractivity contribution in [3.63, 3.8) is 0 Å². The summed E-state index contributed by atoms with van der Waals surface area (Å²) >= 11 is 0. The van der Waals surface area contributed by atoms with Gasteiger partial charge in [-0.25, -0.2) is 0 Å². The molecule has 100 valence electrons. The van der Waals surface area contributed by atoms with E-state index in [-0.39, 0.29) is 5.60 Å². The van der Waals surface area contributed by atoms with Crippen LogP contribution in [0.3, 0.4) is 0 Å². The predicted octanol–water partition coefficient (Wildman–Crippen LogP) is 3.72.